The highest BCUT2D eigenvalue weighted by Gasteiger charge is 2.26. The lowest BCUT2D eigenvalue weighted by Gasteiger charge is -2.21. The number of hydrogen-bond donors (Lipinski definition) is 2. The van der Waals surface area contributed by atoms with Crippen LogP contribution in [0.15, 0.2) is 30.5 Å². The number of fused-ring (bicyclic) bond motifs is 1. The summed E-state index contributed by atoms with van der Waals surface area (Å²) in [5.74, 6) is 2.35. The van der Waals surface area contributed by atoms with Crippen molar-refractivity contribution in [2.75, 3.05) is 19.0 Å². The van der Waals surface area contributed by atoms with Gasteiger partial charge in [-0.2, -0.15) is 0 Å². The molecule has 1 fully saturated rings. The molecule has 1 heterocycles. The molecule has 1 aliphatic carbocycles. The lowest BCUT2D eigenvalue weighted by molar-refractivity contribution is 0.415. The molecule has 0 aliphatic heterocycles. The number of hydrogen-bond acceptors (Lipinski definition) is 4. The molecule has 2 atom stereocenters. The van der Waals surface area contributed by atoms with Crippen molar-refractivity contribution in [2.24, 2.45) is 11.7 Å². The van der Waals surface area contributed by atoms with Gasteiger partial charge in [-0.05, 0) is 48.9 Å². The standard InChI is InChI=1S/C16H21N3O/c1-20-13-6-5-11-7-8-18-16(14(11)9-13)19-15-4-2-3-12(15)10-17/h5-9,12,15H,2-4,10,17H2,1H3,(H,18,19). The smallest absolute Gasteiger partial charge is 0.134 e. The topological polar surface area (TPSA) is 60.2 Å². The number of pyridine rings is 1. The molecular formula is C16H21N3O. The first-order valence-electron chi connectivity index (χ1n) is 7.21. The highest BCUT2D eigenvalue weighted by molar-refractivity contribution is 5.92. The Hall–Kier alpha value is -1.81. The Kier molecular flexibility index (Phi) is 3.74. The normalized spacial score (nSPS) is 22.1. The lowest BCUT2D eigenvalue weighted by atomic mass is 10.0. The van der Waals surface area contributed by atoms with E-state index >= 15 is 0 Å². The van der Waals surface area contributed by atoms with Gasteiger partial charge in [0.2, 0.25) is 0 Å². The van der Waals surface area contributed by atoms with Crippen LogP contribution in [0.1, 0.15) is 19.3 Å². The molecule has 4 nitrogen and oxygen atoms in total. The largest absolute Gasteiger partial charge is 0.497 e. The molecule has 2 unspecified atom stereocenters. The van der Waals surface area contributed by atoms with Gasteiger partial charge in [-0.3, -0.25) is 0 Å². The molecule has 0 spiro atoms. The zero-order chi connectivity index (χ0) is 13.9. The first-order chi connectivity index (χ1) is 9.81. The van der Waals surface area contributed by atoms with Crippen molar-refractivity contribution in [3.05, 3.63) is 30.5 Å². The molecule has 3 rings (SSSR count). The molecule has 0 saturated heterocycles. The lowest BCUT2D eigenvalue weighted by Crippen LogP contribution is -2.29. The van der Waals surface area contributed by atoms with Crippen LogP contribution in [0, 0.1) is 5.92 Å². The van der Waals surface area contributed by atoms with Crippen molar-refractivity contribution in [1.29, 1.82) is 0 Å². The van der Waals surface area contributed by atoms with Crippen molar-refractivity contribution in [2.45, 2.75) is 25.3 Å². The average Bonchev–Trinajstić information content (AvgIpc) is 2.94. The molecule has 3 N–H and O–H groups in total. The third-order valence-corrected chi connectivity index (χ3v) is 4.26. The zero-order valence-electron chi connectivity index (χ0n) is 11.8. The van der Waals surface area contributed by atoms with Crippen LogP contribution in [0.3, 0.4) is 0 Å². The molecule has 2 aromatic rings. The van der Waals surface area contributed by atoms with Gasteiger partial charge in [-0.25, -0.2) is 4.98 Å². The first kappa shape index (κ1) is 13.2. The number of benzene rings is 1. The molecular weight excluding hydrogens is 250 g/mol. The van der Waals surface area contributed by atoms with Crippen molar-refractivity contribution >= 4 is 16.6 Å². The number of nitrogens with zero attached hydrogens (tertiary/aromatic N) is 1. The van der Waals surface area contributed by atoms with E-state index in [9.17, 15) is 0 Å². The van der Waals surface area contributed by atoms with Crippen LogP contribution in [0.25, 0.3) is 10.8 Å². The maximum Gasteiger partial charge on any atom is 0.134 e. The predicted molar refractivity (Wildman–Crippen MR) is 82.1 cm³/mol. The number of nitrogens with two attached hydrogens (primary N) is 1. The molecule has 106 valence electrons. The Balaban J connectivity index is 1.94. The quantitative estimate of drug-likeness (QED) is 0.897. The molecule has 20 heavy (non-hydrogen) atoms. The third kappa shape index (κ3) is 2.43. The fourth-order valence-electron chi connectivity index (χ4n) is 3.07. The summed E-state index contributed by atoms with van der Waals surface area (Å²) >= 11 is 0. The van der Waals surface area contributed by atoms with Gasteiger partial charge in [-0.15, -0.1) is 0 Å². The summed E-state index contributed by atoms with van der Waals surface area (Å²) in [5.41, 5.74) is 5.86. The van der Waals surface area contributed by atoms with Crippen LogP contribution in [0.2, 0.25) is 0 Å². The molecule has 1 aromatic heterocycles. The molecule has 0 bridgehead atoms. The number of ether oxygens (including phenoxy) is 1. The van der Waals surface area contributed by atoms with E-state index in [0.29, 0.717) is 12.0 Å². The zero-order valence-corrected chi connectivity index (χ0v) is 11.8. The van der Waals surface area contributed by atoms with Gasteiger partial charge in [-0.1, -0.05) is 12.5 Å². The van der Waals surface area contributed by atoms with E-state index in [1.165, 1.54) is 24.6 Å². The van der Waals surface area contributed by atoms with Crippen LogP contribution in [0.4, 0.5) is 5.82 Å². The van der Waals surface area contributed by atoms with Crippen LogP contribution >= 0.6 is 0 Å². The first-order valence-corrected chi connectivity index (χ1v) is 7.21. The minimum atomic E-state index is 0.435. The van der Waals surface area contributed by atoms with Gasteiger partial charge >= 0.3 is 0 Å². The van der Waals surface area contributed by atoms with E-state index in [4.69, 9.17) is 10.5 Å². The van der Waals surface area contributed by atoms with Crippen LogP contribution < -0.4 is 15.8 Å². The molecule has 1 aromatic carbocycles. The summed E-state index contributed by atoms with van der Waals surface area (Å²) in [4.78, 5) is 4.51. The highest BCUT2D eigenvalue weighted by Crippen LogP contribution is 2.31. The summed E-state index contributed by atoms with van der Waals surface area (Å²) < 4.78 is 5.31. The summed E-state index contributed by atoms with van der Waals surface area (Å²) in [6.07, 6.45) is 5.48. The van der Waals surface area contributed by atoms with Crippen molar-refractivity contribution in [3.8, 4) is 5.75 Å². The number of rotatable bonds is 4. The van der Waals surface area contributed by atoms with Gasteiger partial charge in [0.15, 0.2) is 0 Å². The second-order valence-electron chi connectivity index (χ2n) is 5.42. The van der Waals surface area contributed by atoms with E-state index < -0.39 is 0 Å². The van der Waals surface area contributed by atoms with Gasteiger partial charge in [0.25, 0.3) is 0 Å². The fraction of sp³-hybridized carbons (Fsp3) is 0.438. The maximum atomic E-state index is 5.86. The molecule has 1 saturated carbocycles. The van der Waals surface area contributed by atoms with Crippen molar-refractivity contribution in [1.82, 2.24) is 4.98 Å². The maximum absolute atomic E-state index is 5.86. The Morgan fingerprint density at radius 1 is 1.35 bits per heavy atom. The third-order valence-electron chi connectivity index (χ3n) is 4.26. The summed E-state index contributed by atoms with van der Waals surface area (Å²) in [6, 6.07) is 8.54. The predicted octanol–water partition coefficient (Wildman–Crippen LogP) is 2.78. The second kappa shape index (κ2) is 5.67. The number of anilines is 1. The van der Waals surface area contributed by atoms with Crippen molar-refractivity contribution < 1.29 is 4.74 Å². The summed E-state index contributed by atoms with van der Waals surface area (Å²) in [6.45, 7) is 0.742. The fourth-order valence-corrected chi connectivity index (χ4v) is 3.07. The van der Waals surface area contributed by atoms with E-state index in [1.807, 2.05) is 24.4 Å². The van der Waals surface area contributed by atoms with Gasteiger partial charge in [0, 0.05) is 17.6 Å². The van der Waals surface area contributed by atoms with E-state index in [0.717, 1.165) is 23.5 Å². The summed E-state index contributed by atoms with van der Waals surface area (Å²) in [7, 11) is 1.69. The monoisotopic (exact) mass is 271 g/mol. The molecule has 1 aliphatic rings. The molecule has 0 radical (unpaired) electrons. The highest BCUT2D eigenvalue weighted by atomic mass is 16.5. The average molecular weight is 271 g/mol. The summed E-state index contributed by atoms with van der Waals surface area (Å²) in [5, 5.41) is 5.87. The van der Waals surface area contributed by atoms with Crippen molar-refractivity contribution in [3.63, 3.8) is 0 Å². The Morgan fingerprint density at radius 3 is 3.05 bits per heavy atom. The number of methoxy groups -OCH3 is 1. The Morgan fingerprint density at radius 2 is 2.25 bits per heavy atom. The van der Waals surface area contributed by atoms with Crippen LogP contribution in [-0.2, 0) is 0 Å². The molecule has 4 heteroatoms. The van der Waals surface area contributed by atoms with E-state index in [2.05, 4.69) is 16.4 Å². The van der Waals surface area contributed by atoms with E-state index in [1.54, 1.807) is 7.11 Å². The van der Waals surface area contributed by atoms with Gasteiger partial charge < -0.3 is 15.8 Å². The Labute approximate surface area is 119 Å². The molecule has 0 amide bonds. The van der Waals surface area contributed by atoms with Crippen LogP contribution in [-0.4, -0.2) is 24.7 Å². The number of nitrogens with one attached hydrogen (secondary N) is 1. The van der Waals surface area contributed by atoms with Gasteiger partial charge in [0.05, 0.1) is 7.11 Å². The van der Waals surface area contributed by atoms with Crippen LogP contribution in [0.5, 0.6) is 5.75 Å². The number of aromatic nitrogens is 1. The van der Waals surface area contributed by atoms with E-state index in [-0.39, 0.29) is 0 Å². The SMILES string of the molecule is COc1ccc2ccnc(NC3CCCC3CN)c2c1. The second-order valence-corrected chi connectivity index (χ2v) is 5.42. The minimum absolute atomic E-state index is 0.435. The minimum Gasteiger partial charge on any atom is -0.497 e. The Bertz CT molecular complexity index is 599. The van der Waals surface area contributed by atoms with Gasteiger partial charge in [0.1, 0.15) is 11.6 Å².